The maximum atomic E-state index is 11.8. The molecule has 0 bridgehead atoms. The molecule has 5 heteroatoms. The Bertz CT molecular complexity index is 392. The Balaban J connectivity index is 1.92. The zero-order valence-electron chi connectivity index (χ0n) is 8.98. The minimum atomic E-state index is -0.0757. The first kappa shape index (κ1) is 11.3. The van der Waals surface area contributed by atoms with Crippen LogP contribution in [0.1, 0.15) is 28.3 Å². The van der Waals surface area contributed by atoms with Gasteiger partial charge in [0.1, 0.15) is 5.69 Å². The Hall–Kier alpha value is -1.20. The zero-order chi connectivity index (χ0) is 11.4. The number of amides is 1. The predicted molar refractivity (Wildman–Crippen MR) is 64.5 cm³/mol. The van der Waals surface area contributed by atoms with Gasteiger partial charge in [0.25, 0.3) is 5.91 Å². The van der Waals surface area contributed by atoms with Gasteiger partial charge in [-0.15, -0.1) is 11.3 Å². The number of carbonyl (C=O) groups is 1. The van der Waals surface area contributed by atoms with E-state index >= 15 is 0 Å². The van der Waals surface area contributed by atoms with Crippen molar-refractivity contribution < 1.29 is 4.79 Å². The highest BCUT2D eigenvalue weighted by molar-refractivity contribution is 7.09. The molecule has 0 saturated carbocycles. The highest BCUT2D eigenvalue weighted by Gasteiger charge is 2.16. The van der Waals surface area contributed by atoms with Crippen LogP contribution in [-0.4, -0.2) is 23.5 Å². The molecule has 1 aromatic heterocycles. The number of nitrogens with zero attached hydrogens (tertiary/aromatic N) is 1. The molecule has 3 N–H and O–H groups in total. The lowest BCUT2D eigenvalue weighted by molar-refractivity contribution is 0.0934. The molecular weight excluding hydrogens is 222 g/mol. The SMILES string of the molecule is NCCc1nc(C(=O)NC2CC=CC2)cs1. The molecule has 1 heterocycles. The molecule has 0 radical (unpaired) electrons. The number of hydrogen-bond acceptors (Lipinski definition) is 4. The molecule has 1 aliphatic rings. The van der Waals surface area contributed by atoms with E-state index in [0.717, 1.165) is 24.3 Å². The molecule has 0 spiro atoms. The summed E-state index contributed by atoms with van der Waals surface area (Å²) in [6.07, 6.45) is 6.76. The number of carbonyl (C=O) groups excluding carboxylic acids is 1. The van der Waals surface area contributed by atoms with Crippen molar-refractivity contribution in [3.05, 3.63) is 28.2 Å². The van der Waals surface area contributed by atoms with E-state index in [1.807, 2.05) is 0 Å². The van der Waals surface area contributed by atoms with E-state index in [2.05, 4.69) is 22.5 Å². The van der Waals surface area contributed by atoms with Gasteiger partial charge in [-0.05, 0) is 19.4 Å². The number of nitrogens with two attached hydrogens (primary N) is 1. The molecule has 0 saturated heterocycles. The van der Waals surface area contributed by atoms with E-state index in [-0.39, 0.29) is 11.9 Å². The summed E-state index contributed by atoms with van der Waals surface area (Å²) in [6.45, 7) is 0.571. The van der Waals surface area contributed by atoms with Crippen molar-refractivity contribution in [3.8, 4) is 0 Å². The standard InChI is InChI=1S/C11H15N3OS/c12-6-5-10-14-9(7-16-10)11(15)13-8-3-1-2-4-8/h1-2,7-8H,3-6,12H2,(H,13,15). The summed E-state index contributed by atoms with van der Waals surface area (Å²) in [5, 5.41) is 5.68. The Kier molecular flexibility index (Phi) is 3.69. The molecule has 0 unspecified atom stereocenters. The van der Waals surface area contributed by atoms with Crippen LogP contribution in [0.15, 0.2) is 17.5 Å². The second-order valence-electron chi connectivity index (χ2n) is 3.78. The highest BCUT2D eigenvalue weighted by atomic mass is 32.1. The van der Waals surface area contributed by atoms with E-state index in [1.54, 1.807) is 5.38 Å². The third kappa shape index (κ3) is 2.68. The summed E-state index contributed by atoms with van der Waals surface area (Å²) in [5.41, 5.74) is 5.95. The van der Waals surface area contributed by atoms with Gasteiger partial charge in [-0.1, -0.05) is 12.2 Å². The smallest absolute Gasteiger partial charge is 0.270 e. The van der Waals surface area contributed by atoms with Crippen LogP contribution in [0.4, 0.5) is 0 Å². The average Bonchev–Trinajstić information content (AvgIpc) is 2.89. The normalized spacial score (nSPS) is 15.6. The van der Waals surface area contributed by atoms with Crippen molar-refractivity contribution in [2.24, 2.45) is 5.73 Å². The number of aromatic nitrogens is 1. The summed E-state index contributed by atoms with van der Waals surface area (Å²) in [4.78, 5) is 16.0. The third-order valence-electron chi connectivity index (χ3n) is 2.49. The lowest BCUT2D eigenvalue weighted by Gasteiger charge is -2.10. The molecule has 0 aromatic carbocycles. The first-order valence-electron chi connectivity index (χ1n) is 5.40. The van der Waals surface area contributed by atoms with Crippen molar-refractivity contribution in [3.63, 3.8) is 0 Å². The first-order valence-corrected chi connectivity index (χ1v) is 6.28. The molecule has 4 nitrogen and oxygen atoms in total. The molecule has 0 fully saturated rings. The molecule has 0 aliphatic heterocycles. The molecule has 2 rings (SSSR count). The first-order chi connectivity index (χ1) is 7.79. The quantitative estimate of drug-likeness (QED) is 0.770. The molecule has 1 aliphatic carbocycles. The molecule has 1 amide bonds. The van der Waals surface area contributed by atoms with Gasteiger partial charge in [0.2, 0.25) is 0 Å². The van der Waals surface area contributed by atoms with Gasteiger partial charge in [-0.3, -0.25) is 4.79 Å². The summed E-state index contributed by atoms with van der Waals surface area (Å²) in [6, 6.07) is 0.243. The second-order valence-corrected chi connectivity index (χ2v) is 4.72. The van der Waals surface area contributed by atoms with Gasteiger partial charge in [-0.25, -0.2) is 4.98 Å². The zero-order valence-corrected chi connectivity index (χ0v) is 9.80. The van der Waals surface area contributed by atoms with Crippen LogP contribution in [-0.2, 0) is 6.42 Å². The van der Waals surface area contributed by atoms with Crippen LogP contribution in [0.5, 0.6) is 0 Å². The van der Waals surface area contributed by atoms with Crippen molar-refractivity contribution in [1.82, 2.24) is 10.3 Å². The second kappa shape index (κ2) is 5.23. The Morgan fingerprint density at radius 2 is 2.31 bits per heavy atom. The minimum absolute atomic E-state index is 0.0757. The number of hydrogen-bond donors (Lipinski definition) is 2. The minimum Gasteiger partial charge on any atom is -0.347 e. The van der Waals surface area contributed by atoms with Crippen LogP contribution in [0.25, 0.3) is 0 Å². The molecular formula is C11H15N3OS. The maximum Gasteiger partial charge on any atom is 0.270 e. The van der Waals surface area contributed by atoms with Gasteiger partial charge < -0.3 is 11.1 Å². The summed E-state index contributed by atoms with van der Waals surface area (Å²) in [5.74, 6) is -0.0757. The van der Waals surface area contributed by atoms with Gasteiger partial charge >= 0.3 is 0 Å². The summed E-state index contributed by atoms with van der Waals surface area (Å²) >= 11 is 1.49. The highest BCUT2D eigenvalue weighted by Crippen LogP contribution is 2.13. The fourth-order valence-electron chi connectivity index (χ4n) is 1.65. The van der Waals surface area contributed by atoms with E-state index in [9.17, 15) is 4.79 Å². The molecule has 86 valence electrons. The van der Waals surface area contributed by atoms with Gasteiger partial charge in [0, 0.05) is 17.8 Å². The van der Waals surface area contributed by atoms with Crippen molar-refractivity contribution in [2.45, 2.75) is 25.3 Å². The monoisotopic (exact) mass is 237 g/mol. The topological polar surface area (TPSA) is 68.0 Å². The average molecular weight is 237 g/mol. The van der Waals surface area contributed by atoms with Gasteiger partial charge in [0.15, 0.2) is 0 Å². The van der Waals surface area contributed by atoms with Crippen molar-refractivity contribution in [1.29, 1.82) is 0 Å². The van der Waals surface area contributed by atoms with E-state index in [1.165, 1.54) is 11.3 Å². The Morgan fingerprint density at radius 3 is 3.00 bits per heavy atom. The largest absolute Gasteiger partial charge is 0.347 e. The number of thiazole rings is 1. The summed E-state index contributed by atoms with van der Waals surface area (Å²) in [7, 11) is 0. The summed E-state index contributed by atoms with van der Waals surface area (Å²) < 4.78 is 0. The number of rotatable bonds is 4. The fraction of sp³-hybridized carbons (Fsp3) is 0.455. The molecule has 1 aromatic rings. The predicted octanol–water partition coefficient (Wildman–Crippen LogP) is 1.09. The maximum absolute atomic E-state index is 11.8. The van der Waals surface area contributed by atoms with E-state index < -0.39 is 0 Å². The van der Waals surface area contributed by atoms with E-state index in [0.29, 0.717) is 12.2 Å². The van der Waals surface area contributed by atoms with Crippen LogP contribution >= 0.6 is 11.3 Å². The van der Waals surface area contributed by atoms with Crippen molar-refractivity contribution >= 4 is 17.2 Å². The van der Waals surface area contributed by atoms with Gasteiger partial charge in [-0.2, -0.15) is 0 Å². The van der Waals surface area contributed by atoms with Gasteiger partial charge in [0.05, 0.1) is 5.01 Å². The number of nitrogens with one attached hydrogen (secondary N) is 1. The van der Waals surface area contributed by atoms with Crippen LogP contribution < -0.4 is 11.1 Å². The Labute approximate surface area is 98.6 Å². The Morgan fingerprint density at radius 1 is 1.56 bits per heavy atom. The van der Waals surface area contributed by atoms with Crippen LogP contribution in [0, 0.1) is 0 Å². The van der Waals surface area contributed by atoms with E-state index in [4.69, 9.17) is 5.73 Å². The lowest BCUT2D eigenvalue weighted by Crippen LogP contribution is -2.33. The van der Waals surface area contributed by atoms with Crippen LogP contribution in [0.3, 0.4) is 0 Å². The third-order valence-corrected chi connectivity index (χ3v) is 3.39. The lowest BCUT2D eigenvalue weighted by atomic mass is 10.2. The molecule has 0 atom stereocenters. The molecule has 16 heavy (non-hydrogen) atoms. The fourth-order valence-corrected chi connectivity index (χ4v) is 2.44. The van der Waals surface area contributed by atoms with Crippen molar-refractivity contribution in [2.75, 3.05) is 6.54 Å². The van der Waals surface area contributed by atoms with Crippen LogP contribution in [0.2, 0.25) is 0 Å².